The molecule has 0 radical (unpaired) electrons. The van der Waals surface area contributed by atoms with Crippen LogP contribution in [0.4, 0.5) is 0 Å². The third-order valence-corrected chi connectivity index (χ3v) is 3.06. The predicted molar refractivity (Wildman–Crippen MR) is 58.9 cm³/mol. The van der Waals surface area contributed by atoms with E-state index in [2.05, 4.69) is 10.7 Å². The lowest BCUT2D eigenvalue weighted by atomic mass is 10.2. The van der Waals surface area contributed by atoms with Crippen LogP contribution in [0, 0.1) is 6.92 Å². The fraction of sp³-hybridized carbons (Fsp3) is 0.182. The monoisotopic (exact) mass is 221 g/mol. The van der Waals surface area contributed by atoms with Gasteiger partial charge in [-0.05, 0) is 40.9 Å². The SMILES string of the molecule is Cc1cscc1CNC(=O)c1ccco1. The number of carbonyl (C=O) groups excluding carboxylic acids is 1. The molecule has 78 valence electrons. The van der Waals surface area contributed by atoms with Gasteiger partial charge in [0.15, 0.2) is 5.76 Å². The van der Waals surface area contributed by atoms with E-state index >= 15 is 0 Å². The Balaban J connectivity index is 1.95. The van der Waals surface area contributed by atoms with Gasteiger partial charge < -0.3 is 9.73 Å². The molecule has 1 amide bonds. The average Bonchev–Trinajstić information content (AvgIpc) is 2.85. The lowest BCUT2D eigenvalue weighted by Crippen LogP contribution is -2.22. The molecular formula is C11H11NO2S. The van der Waals surface area contributed by atoms with E-state index in [-0.39, 0.29) is 5.91 Å². The summed E-state index contributed by atoms with van der Waals surface area (Å²) in [6, 6.07) is 3.35. The van der Waals surface area contributed by atoms with Crippen LogP contribution in [-0.2, 0) is 6.54 Å². The van der Waals surface area contributed by atoms with Crippen LogP contribution in [0.5, 0.6) is 0 Å². The molecule has 0 fully saturated rings. The van der Waals surface area contributed by atoms with Crippen molar-refractivity contribution in [1.82, 2.24) is 5.32 Å². The summed E-state index contributed by atoms with van der Waals surface area (Å²) < 4.78 is 4.99. The minimum Gasteiger partial charge on any atom is -0.459 e. The van der Waals surface area contributed by atoms with E-state index in [1.54, 1.807) is 23.5 Å². The molecule has 0 atom stereocenters. The van der Waals surface area contributed by atoms with E-state index in [4.69, 9.17) is 4.42 Å². The summed E-state index contributed by atoms with van der Waals surface area (Å²) in [6.07, 6.45) is 1.49. The smallest absolute Gasteiger partial charge is 0.287 e. The fourth-order valence-corrected chi connectivity index (χ4v) is 2.10. The van der Waals surface area contributed by atoms with Gasteiger partial charge in [-0.2, -0.15) is 11.3 Å². The number of hydrogen-bond acceptors (Lipinski definition) is 3. The van der Waals surface area contributed by atoms with Crippen molar-refractivity contribution < 1.29 is 9.21 Å². The maximum absolute atomic E-state index is 11.5. The van der Waals surface area contributed by atoms with Gasteiger partial charge in [0.2, 0.25) is 0 Å². The second-order valence-electron chi connectivity index (χ2n) is 3.24. The van der Waals surface area contributed by atoms with Crippen LogP contribution >= 0.6 is 11.3 Å². The van der Waals surface area contributed by atoms with E-state index in [0.29, 0.717) is 12.3 Å². The molecule has 2 aromatic rings. The van der Waals surface area contributed by atoms with Crippen LogP contribution < -0.4 is 5.32 Å². The molecule has 2 aromatic heterocycles. The van der Waals surface area contributed by atoms with E-state index in [9.17, 15) is 4.79 Å². The summed E-state index contributed by atoms with van der Waals surface area (Å²) >= 11 is 1.64. The first-order chi connectivity index (χ1) is 7.27. The Morgan fingerprint density at radius 2 is 2.40 bits per heavy atom. The van der Waals surface area contributed by atoms with Crippen LogP contribution in [-0.4, -0.2) is 5.91 Å². The highest BCUT2D eigenvalue weighted by atomic mass is 32.1. The molecule has 0 aliphatic heterocycles. The second kappa shape index (κ2) is 4.31. The van der Waals surface area contributed by atoms with Gasteiger partial charge in [0.1, 0.15) is 0 Å². The zero-order valence-electron chi connectivity index (χ0n) is 8.32. The van der Waals surface area contributed by atoms with Crippen molar-refractivity contribution in [2.75, 3.05) is 0 Å². The number of hydrogen-bond donors (Lipinski definition) is 1. The van der Waals surface area contributed by atoms with Crippen LogP contribution in [0.25, 0.3) is 0 Å². The van der Waals surface area contributed by atoms with Crippen LogP contribution in [0.3, 0.4) is 0 Å². The molecule has 2 rings (SSSR count). The van der Waals surface area contributed by atoms with Crippen molar-refractivity contribution in [1.29, 1.82) is 0 Å². The van der Waals surface area contributed by atoms with Crippen LogP contribution in [0.15, 0.2) is 33.6 Å². The molecule has 0 aliphatic carbocycles. The van der Waals surface area contributed by atoms with Crippen molar-refractivity contribution in [2.45, 2.75) is 13.5 Å². The van der Waals surface area contributed by atoms with Gasteiger partial charge in [0.05, 0.1) is 6.26 Å². The van der Waals surface area contributed by atoms with Crippen LogP contribution in [0.2, 0.25) is 0 Å². The van der Waals surface area contributed by atoms with Gasteiger partial charge in [-0.1, -0.05) is 0 Å². The third kappa shape index (κ3) is 2.27. The Morgan fingerprint density at radius 1 is 1.53 bits per heavy atom. The van der Waals surface area contributed by atoms with Gasteiger partial charge in [0.25, 0.3) is 5.91 Å². The van der Waals surface area contributed by atoms with Gasteiger partial charge in [0, 0.05) is 6.54 Å². The molecule has 0 saturated carbocycles. The molecule has 0 aromatic carbocycles. The Bertz CT molecular complexity index is 445. The van der Waals surface area contributed by atoms with Crippen molar-refractivity contribution in [2.24, 2.45) is 0 Å². The van der Waals surface area contributed by atoms with Gasteiger partial charge in [-0.15, -0.1) is 0 Å². The van der Waals surface area contributed by atoms with Crippen LogP contribution in [0.1, 0.15) is 21.7 Å². The fourth-order valence-electron chi connectivity index (χ4n) is 1.24. The summed E-state index contributed by atoms with van der Waals surface area (Å²) in [5.41, 5.74) is 2.36. The molecule has 2 heterocycles. The number of rotatable bonds is 3. The largest absolute Gasteiger partial charge is 0.459 e. The second-order valence-corrected chi connectivity index (χ2v) is 3.98. The highest BCUT2D eigenvalue weighted by molar-refractivity contribution is 7.08. The Hall–Kier alpha value is -1.55. The zero-order chi connectivity index (χ0) is 10.7. The van der Waals surface area contributed by atoms with Crippen molar-refractivity contribution >= 4 is 17.2 Å². The molecule has 0 bridgehead atoms. The summed E-state index contributed by atoms with van der Waals surface area (Å²) in [4.78, 5) is 11.5. The number of aryl methyl sites for hydroxylation is 1. The van der Waals surface area contributed by atoms with E-state index < -0.39 is 0 Å². The minimum absolute atomic E-state index is 0.175. The Morgan fingerprint density at radius 3 is 3.00 bits per heavy atom. The minimum atomic E-state index is -0.175. The lowest BCUT2D eigenvalue weighted by Gasteiger charge is -2.02. The standard InChI is InChI=1S/C11H11NO2S/c1-8-6-15-7-9(8)5-12-11(13)10-3-2-4-14-10/h2-4,6-7H,5H2,1H3,(H,12,13). The summed E-state index contributed by atoms with van der Waals surface area (Å²) in [7, 11) is 0. The van der Waals surface area contributed by atoms with Gasteiger partial charge in [-0.3, -0.25) is 4.79 Å². The first-order valence-corrected chi connectivity index (χ1v) is 5.55. The van der Waals surface area contributed by atoms with Gasteiger partial charge in [-0.25, -0.2) is 0 Å². The summed E-state index contributed by atoms with van der Waals surface area (Å²) in [5.74, 6) is 0.175. The predicted octanol–water partition coefficient (Wildman–Crippen LogP) is 2.58. The number of thiophene rings is 1. The van der Waals surface area contributed by atoms with Crippen molar-refractivity contribution in [3.05, 3.63) is 46.0 Å². The maximum atomic E-state index is 11.5. The molecule has 4 heteroatoms. The Kier molecular flexibility index (Phi) is 2.87. The number of nitrogens with one attached hydrogen (secondary N) is 1. The highest BCUT2D eigenvalue weighted by Gasteiger charge is 2.08. The first-order valence-electron chi connectivity index (χ1n) is 4.61. The molecule has 3 nitrogen and oxygen atoms in total. The average molecular weight is 221 g/mol. The molecule has 1 N–H and O–H groups in total. The normalized spacial score (nSPS) is 10.2. The first kappa shape index (κ1) is 9.98. The lowest BCUT2D eigenvalue weighted by molar-refractivity contribution is 0.0923. The van der Waals surface area contributed by atoms with Gasteiger partial charge >= 0.3 is 0 Å². The molecule has 0 aliphatic rings. The third-order valence-electron chi connectivity index (χ3n) is 2.15. The van der Waals surface area contributed by atoms with E-state index in [1.807, 2.05) is 12.3 Å². The molecule has 15 heavy (non-hydrogen) atoms. The summed E-state index contributed by atoms with van der Waals surface area (Å²) in [6.45, 7) is 2.58. The van der Waals surface area contributed by atoms with E-state index in [0.717, 1.165) is 5.56 Å². The number of carbonyl (C=O) groups is 1. The topological polar surface area (TPSA) is 42.2 Å². The quantitative estimate of drug-likeness (QED) is 0.865. The zero-order valence-corrected chi connectivity index (χ0v) is 9.14. The van der Waals surface area contributed by atoms with Crippen molar-refractivity contribution in [3.63, 3.8) is 0 Å². The molecule has 0 unspecified atom stereocenters. The van der Waals surface area contributed by atoms with E-state index in [1.165, 1.54) is 11.8 Å². The molecule has 0 spiro atoms. The number of furan rings is 1. The highest BCUT2D eigenvalue weighted by Crippen LogP contribution is 2.13. The maximum Gasteiger partial charge on any atom is 0.287 e. The number of amides is 1. The molecule has 0 saturated heterocycles. The Labute approximate surface area is 91.7 Å². The van der Waals surface area contributed by atoms with Crippen molar-refractivity contribution in [3.8, 4) is 0 Å². The molecular weight excluding hydrogens is 210 g/mol. The summed E-state index contributed by atoms with van der Waals surface area (Å²) in [5, 5.41) is 6.91.